The van der Waals surface area contributed by atoms with Crippen LogP contribution in [0, 0.1) is 0 Å². The largest absolute Gasteiger partial charge is 0.341 e. The van der Waals surface area contributed by atoms with E-state index in [2.05, 4.69) is 0 Å². The monoisotopic (exact) mass is 359 g/mol. The Morgan fingerprint density at radius 3 is 2.30 bits per heavy atom. The number of carbonyl (C=O) groups is 2. The van der Waals surface area contributed by atoms with E-state index < -0.39 is 0 Å². The first kappa shape index (κ1) is 19.7. The second-order valence-corrected chi connectivity index (χ2v) is 5.86. The summed E-state index contributed by atoms with van der Waals surface area (Å²) in [6, 6.07) is 6.91. The molecule has 1 aromatic rings. The molecular weight excluding hydrogens is 337 g/mol. The molecule has 1 aliphatic heterocycles. The van der Waals surface area contributed by atoms with E-state index in [1.807, 2.05) is 4.90 Å². The van der Waals surface area contributed by atoms with Crippen molar-refractivity contribution in [3.63, 3.8) is 0 Å². The third kappa shape index (κ3) is 5.68. The fourth-order valence-electron chi connectivity index (χ4n) is 2.56. The lowest BCUT2D eigenvalue weighted by Gasteiger charge is -2.22. The highest BCUT2D eigenvalue weighted by Gasteiger charge is 2.22. The molecule has 2 rings (SSSR count). The molecule has 7 heteroatoms. The van der Waals surface area contributed by atoms with Crippen LogP contribution in [0.4, 0.5) is 0 Å². The number of hydrogen-bond acceptors (Lipinski definition) is 3. The number of nitrogens with zero attached hydrogens (tertiary/aromatic N) is 2. The van der Waals surface area contributed by atoms with Gasteiger partial charge in [-0.3, -0.25) is 9.59 Å². The first-order valence-electron chi connectivity index (χ1n) is 7.64. The first-order chi connectivity index (χ1) is 10.6. The highest BCUT2D eigenvalue weighted by Crippen LogP contribution is 2.13. The first-order valence-corrected chi connectivity index (χ1v) is 8.02. The number of carbonyl (C=O) groups excluding carboxylic acids is 2. The molecule has 0 aromatic heterocycles. The van der Waals surface area contributed by atoms with Gasteiger partial charge in [0.25, 0.3) is 5.91 Å². The Kier molecular flexibility index (Phi) is 8.37. The van der Waals surface area contributed by atoms with E-state index in [1.54, 1.807) is 29.2 Å². The minimum absolute atomic E-state index is 0. The van der Waals surface area contributed by atoms with Crippen molar-refractivity contribution in [2.75, 3.05) is 32.7 Å². The lowest BCUT2D eigenvalue weighted by Crippen LogP contribution is -2.37. The predicted molar refractivity (Wildman–Crippen MR) is 94.1 cm³/mol. The molecule has 5 nitrogen and oxygen atoms in total. The van der Waals surface area contributed by atoms with Crippen molar-refractivity contribution in [3.8, 4) is 0 Å². The van der Waals surface area contributed by atoms with Crippen LogP contribution in [0.2, 0.25) is 5.02 Å². The van der Waals surface area contributed by atoms with Gasteiger partial charge >= 0.3 is 0 Å². The molecule has 0 radical (unpaired) electrons. The Hall–Kier alpha value is -1.30. The van der Waals surface area contributed by atoms with Crippen LogP contribution in [0.1, 0.15) is 29.6 Å². The standard InChI is InChI=1S/C16H22ClN3O2.ClH/c17-14-6-4-13(5-7-14)16(22)20-10-2-9-19(11-12-20)15(21)3-1-8-18;/h4-7H,1-3,8-12,18H2;1H. The molecule has 0 aliphatic carbocycles. The Morgan fingerprint density at radius 1 is 1.04 bits per heavy atom. The number of amides is 2. The van der Waals surface area contributed by atoms with Gasteiger partial charge in [-0.25, -0.2) is 0 Å². The Labute approximate surface area is 148 Å². The molecule has 1 fully saturated rings. The second-order valence-electron chi connectivity index (χ2n) is 5.43. The number of hydrogen-bond donors (Lipinski definition) is 1. The summed E-state index contributed by atoms with van der Waals surface area (Å²) in [6.07, 6.45) is 2.00. The van der Waals surface area contributed by atoms with Crippen molar-refractivity contribution in [1.82, 2.24) is 9.80 Å². The third-order valence-corrected chi connectivity index (χ3v) is 4.07. The van der Waals surface area contributed by atoms with Gasteiger partial charge in [0.15, 0.2) is 0 Å². The summed E-state index contributed by atoms with van der Waals surface area (Å²) in [6.45, 7) is 3.05. The van der Waals surface area contributed by atoms with E-state index in [9.17, 15) is 9.59 Å². The quantitative estimate of drug-likeness (QED) is 0.895. The maximum atomic E-state index is 12.5. The third-order valence-electron chi connectivity index (χ3n) is 3.82. The zero-order valence-electron chi connectivity index (χ0n) is 13.0. The Morgan fingerprint density at radius 2 is 1.65 bits per heavy atom. The van der Waals surface area contributed by atoms with Crippen molar-refractivity contribution in [2.24, 2.45) is 5.73 Å². The molecular formula is C16H23Cl2N3O2. The average Bonchev–Trinajstić information content (AvgIpc) is 2.78. The Bertz CT molecular complexity index is 523. The smallest absolute Gasteiger partial charge is 0.253 e. The van der Waals surface area contributed by atoms with Crippen LogP contribution >= 0.6 is 24.0 Å². The molecule has 0 bridgehead atoms. The van der Waals surface area contributed by atoms with E-state index in [0.29, 0.717) is 56.2 Å². The fourth-order valence-corrected chi connectivity index (χ4v) is 2.68. The van der Waals surface area contributed by atoms with Crippen LogP contribution in [0.15, 0.2) is 24.3 Å². The molecule has 2 amide bonds. The van der Waals surface area contributed by atoms with E-state index in [0.717, 1.165) is 6.42 Å². The SMILES string of the molecule is Cl.NCCCC(=O)N1CCCN(C(=O)c2ccc(Cl)cc2)CC1. The molecule has 0 unspecified atom stereocenters. The topological polar surface area (TPSA) is 66.6 Å². The molecule has 23 heavy (non-hydrogen) atoms. The molecule has 1 aromatic carbocycles. The normalized spacial score (nSPS) is 14.9. The summed E-state index contributed by atoms with van der Waals surface area (Å²) in [5.74, 6) is 0.124. The summed E-state index contributed by atoms with van der Waals surface area (Å²) < 4.78 is 0. The summed E-state index contributed by atoms with van der Waals surface area (Å²) >= 11 is 5.85. The van der Waals surface area contributed by atoms with Crippen molar-refractivity contribution in [2.45, 2.75) is 19.3 Å². The number of nitrogens with two attached hydrogens (primary N) is 1. The molecule has 0 spiro atoms. The van der Waals surface area contributed by atoms with Gasteiger partial charge in [0, 0.05) is 43.2 Å². The summed E-state index contributed by atoms with van der Waals surface area (Å²) in [5, 5.41) is 0.615. The van der Waals surface area contributed by atoms with Crippen molar-refractivity contribution < 1.29 is 9.59 Å². The van der Waals surface area contributed by atoms with E-state index in [1.165, 1.54) is 0 Å². The minimum atomic E-state index is -0.00655. The molecule has 1 saturated heterocycles. The summed E-state index contributed by atoms with van der Waals surface area (Å²) in [4.78, 5) is 28.2. The molecule has 1 heterocycles. The van der Waals surface area contributed by atoms with Crippen LogP contribution in [-0.2, 0) is 4.79 Å². The van der Waals surface area contributed by atoms with E-state index in [-0.39, 0.29) is 24.2 Å². The van der Waals surface area contributed by atoms with Crippen LogP contribution < -0.4 is 5.73 Å². The zero-order chi connectivity index (χ0) is 15.9. The maximum absolute atomic E-state index is 12.5. The minimum Gasteiger partial charge on any atom is -0.341 e. The van der Waals surface area contributed by atoms with Gasteiger partial charge in [-0.2, -0.15) is 0 Å². The van der Waals surface area contributed by atoms with Gasteiger partial charge in [-0.15, -0.1) is 12.4 Å². The zero-order valence-corrected chi connectivity index (χ0v) is 14.6. The van der Waals surface area contributed by atoms with Crippen molar-refractivity contribution in [3.05, 3.63) is 34.9 Å². The highest BCUT2D eigenvalue weighted by atomic mass is 35.5. The average molecular weight is 360 g/mol. The molecule has 1 aliphatic rings. The molecule has 0 atom stereocenters. The van der Waals surface area contributed by atoms with Crippen LogP contribution in [0.3, 0.4) is 0 Å². The second kappa shape index (κ2) is 9.75. The molecule has 128 valence electrons. The summed E-state index contributed by atoms with van der Waals surface area (Å²) in [5.41, 5.74) is 6.07. The van der Waals surface area contributed by atoms with Crippen LogP contribution in [0.5, 0.6) is 0 Å². The van der Waals surface area contributed by atoms with Gasteiger partial charge in [-0.05, 0) is 43.7 Å². The molecule has 0 saturated carbocycles. The number of benzene rings is 1. The van der Waals surface area contributed by atoms with Gasteiger partial charge in [-0.1, -0.05) is 11.6 Å². The van der Waals surface area contributed by atoms with Gasteiger partial charge in [0.2, 0.25) is 5.91 Å². The van der Waals surface area contributed by atoms with Crippen molar-refractivity contribution >= 4 is 35.8 Å². The van der Waals surface area contributed by atoms with E-state index >= 15 is 0 Å². The molecule has 2 N–H and O–H groups in total. The van der Waals surface area contributed by atoms with Crippen LogP contribution in [-0.4, -0.2) is 54.3 Å². The van der Waals surface area contributed by atoms with Gasteiger partial charge in [0.1, 0.15) is 0 Å². The van der Waals surface area contributed by atoms with Crippen LogP contribution in [0.25, 0.3) is 0 Å². The predicted octanol–water partition coefficient (Wildman–Crippen LogP) is 2.18. The van der Waals surface area contributed by atoms with Crippen molar-refractivity contribution in [1.29, 1.82) is 0 Å². The summed E-state index contributed by atoms with van der Waals surface area (Å²) in [7, 11) is 0. The highest BCUT2D eigenvalue weighted by molar-refractivity contribution is 6.30. The lowest BCUT2D eigenvalue weighted by atomic mass is 10.2. The Balaban J connectivity index is 0.00000264. The lowest BCUT2D eigenvalue weighted by molar-refractivity contribution is -0.131. The fraction of sp³-hybridized carbons (Fsp3) is 0.500. The number of halogens is 2. The number of rotatable bonds is 4. The van der Waals surface area contributed by atoms with E-state index in [4.69, 9.17) is 17.3 Å². The van der Waals surface area contributed by atoms with Gasteiger partial charge in [0.05, 0.1) is 0 Å². The van der Waals surface area contributed by atoms with Gasteiger partial charge < -0.3 is 15.5 Å². The maximum Gasteiger partial charge on any atom is 0.253 e.